The van der Waals surface area contributed by atoms with Crippen LogP contribution in [0.25, 0.3) is 0 Å². The summed E-state index contributed by atoms with van der Waals surface area (Å²) in [5.41, 5.74) is 3.19. The van der Waals surface area contributed by atoms with Gasteiger partial charge in [-0.25, -0.2) is 0 Å². The van der Waals surface area contributed by atoms with Gasteiger partial charge in [-0.1, -0.05) is 23.7 Å². The lowest BCUT2D eigenvalue weighted by Crippen LogP contribution is -2.30. The second-order valence-electron chi connectivity index (χ2n) is 5.96. The second-order valence-corrected chi connectivity index (χ2v) is 7.44. The maximum absolute atomic E-state index is 12.3. The smallest absolute Gasteiger partial charge is 0.233 e. The number of carbonyl (C=O) groups excluding carboxylic acids is 1. The number of carbonyl (C=O) groups is 1. The van der Waals surface area contributed by atoms with Crippen molar-refractivity contribution in [2.45, 2.75) is 11.8 Å². The predicted octanol–water partition coefficient (Wildman–Crippen LogP) is 3.62. The number of nitrogens with zero attached hydrogens (tertiary/aromatic N) is 3. The van der Waals surface area contributed by atoms with Gasteiger partial charge >= 0.3 is 0 Å². The summed E-state index contributed by atoms with van der Waals surface area (Å²) in [6, 6.07) is 9.99. The highest BCUT2D eigenvalue weighted by Crippen LogP contribution is 2.42. The molecule has 3 rings (SSSR count). The number of hydrogen-bond donors (Lipinski definition) is 0. The summed E-state index contributed by atoms with van der Waals surface area (Å²) < 4.78 is 0. The molecule has 2 heterocycles. The Bertz CT molecular complexity index is 723. The van der Waals surface area contributed by atoms with Crippen LogP contribution in [0.1, 0.15) is 16.5 Å². The zero-order chi connectivity index (χ0) is 17.1. The number of thioether (sulfide) groups is 1. The number of amides is 1. The van der Waals surface area contributed by atoms with E-state index in [0.29, 0.717) is 17.3 Å². The summed E-state index contributed by atoms with van der Waals surface area (Å²) in [7, 11) is 3.97. The van der Waals surface area contributed by atoms with Crippen molar-refractivity contribution in [1.29, 1.82) is 0 Å². The Balaban J connectivity index is 1.78. The first-order valence-electron chi connectivity index (χ1n) is 7.83. The normalized spacial score (nSPS) is 17.4. The van der Waals surface area contributed by atoms with Crippen LogP contribution in [0.3, 0.4) is 0 Å². The summed E-state index contributed by atoms with van der Waals surface area (Å²) >= 11 is 8.13. The molecule has 0 radical (unpaired) electrons. The van der Waals surface area contributed by atoms with Crippen molar-refractivity contribution >= 4 is 35.0 Å². The number of halogens is 1. The average molecular weight is 362 g/mol. The highest BCUT2D eigenvalue weighted by molar-refractivity contribution is 8.00. The van der Waals surface area contributed by atoms with Crippen LogP contribution in [-0.2, 0) is 11.2 Å². The lowest BCUT2D eigenvalue weighted by atomic mass is 10.1. The second kappa shape index (κ2) is 7.45. The predicted molar refractivity (Wildman–Crippen MR) is 101 cm³/mol. The van der Waals surface area contributed by atoms with Crippen LogP contribution in [0, 0.1) is 0 Å². The summed E-state index contributed by atoms with van der Waals surface area (Å²) in [4.78, 5) is 20.4. The maximum Gasteiger partial charge on any atom is 0.233 e. The van der Waals surface area contributed by atoms with Crippen LogP contribution in [-0.4, -0.2) is 42.2 Å². The van der Waals surface area contributed by atoms with Gasteiger partial charge in [-0.2, -0.15) is 0 Å². The molecule has 0 aliphatic carbocycles. The third-order valence-electron chi connectivity index (χ3n) is 4.10. The molecule has 1 unspecified atom stereocenters. The zero-order valence-electron chi connectivity index (χ0n) is 13.8. The molecule has 24 heavy (non-hydrogen) atoms. The fourth-order valence-corrected chi connectivity index (χ4v) is 4.34. The minimum Gasteiger partial charge on any atom is -0.378 e. The van der Waals surface area contributed by atoms with E-state index >= 15 is 0 Å². The molecule has 0 N–H and O–H groups in total. The minimum atomic E-state index is -0.0158. The molecule has 1 fully saturated rings. The molecule has 0 saturated carbocycles. The number of pyridine rings is 1. The molecule has 126 valence electrons. The Kier molecular flexibility index (Phi) is 5.31. The van der Waals surface area contributed by atoms with E-state index in [9.17, 15) is 4.79 Å². The highest BCUT2D eigenvalue weighted by Gasteiger charge is 2.33. The molecule has 6 heteroatoms. The van der Waals surface area contributed by atoms with E-state index in [1.165, 1.54) is 0 Å². The van der Waals surface area contributed by atoms with Gasteiger partial charge in [0.1, 0.15) is 5.37 Å². The number of aromatic nitrogens is 1. The number of hydrogen-bond acceptors (Lipinski definition) is 4. The molecule has 0 spiro atoms. The van der Waals surface area contributed by atoms with Crippen LogP contribution < -0.4 is 4.90 Å². The highest BCUT2D eigenvalue weighted by atomic mass is 35.5. The average Bonchev–Trinajstić information content (AvgIpc) is 2.94. The van der Waals surface area contributed by atoms with Gasteiger partial charge in [-0.15, -0.1) is 11.8 Å². The molecule has 1 saturated heterocycles. The lowest BCUT2D eigenvalue weighted by Gasteiger charge is -2.25. The molecule has 1 aromatic heterocycles. The Morgan fingerprint density at radius 3 is 2.88 bits per heavy atom. The maximum atomic E-state index is 12.3. The first kappa shape index (κ1) is 17.1. The molecular formula is C18H20ClN3OS. The van der Waals surface area contributed by atoms with E-state index in [1.807, 2.05) is 60.4 Å². The number of rotatable bonds is 5. The van der Waals surface area contributed by atoms with Crippen LogP contribution in [0.5, 0.6) is 0 Å². The lowest BCUT2D eigenvalue weighted by molar-refractivity contribution is -0.128. The molecule has 2 aromatic rings. The van der Waals surface area contributed by atoms with Crippen LogP contribution >= 0.6 is 23.4 Å². The Morgan fingerprint density at radius 2 is 2.21 bits per heavy atom. The van der Waals surface area contributed by atoms with Crippen molar-refractivity contribution in [2.75, 3.05) is 31.3 Å². The van der Waals surface area contributed by atoms with Crippen LogP contribution in [0.15, 0.2) is 42.7 Å². The van der Waals surface area contributed by atoms with Gasteiger partial charge < -0.3 is 9.80 Å². The molecule has 1 aliphatic rings. The van der Waals surface area contributed by atoms with Gasteiger partial charge in [-0.05, 0) is 30.2 Å². The summed E-state index contributed by atoms with van der Waals surface area (Å²) in [6.45, 7) is 0.675. The van der Waals surface area contributed by atoms with Crippen molar-refractivity contribution in [3.05, 3.63) is 58.9 Å². The quantitative estimate of drug-likeness (QED) is 0.815. The topological polar surface area (TPSA) is 36.4 Å². The number of benzene rings is 1. The molecule has 1 aliphatic heterocycles. The molecule has 1 amide bonds. The Labute approximate surface area is 151 Å². The van der Waals surface area contributed by atoms with Gasteiger partial charge in [0.25, 0.3) is 0 Å². The third kappa shape index (κ3) is 3.68. The fraction of sp³-hybridized carbons (Fsp3) is 0.333. The zero-order valence-corrected chi connectivity index (χ0v) is 15.3. The van der Waals surface area contributed by atoms with Crippen molar-refractivity contribution in [2.24, 2.45) is 0 Å². The summed E-state index contributed by atoms with van der Waals surface area (Å²) in [5.74, 6) is 0.672. The van der Waals surface area contributed by atoms with Crippen molar-refractivity contribution in [1.82, 2.24) is 9.88 Å². The minimum absolute atomic E-state index is 0.0158. The van der Waals surface area contributed by atoms with Crippen LogP contribution in [0.2, 0.25) is 5.02 Å². The molecule has 0 bridgehead atoms. The third-order valence-corrected chi connectivity index (χ3v) is 5.66. The molecule has 4 nitrogen and oxygen atoms in total. The first-order valence-corrected chi connectivity index (χ1v) is 9.25. The van der Waals surface area contributed by atoms with Crippen molar-refractivity contribution < 1.29 is 4.79 Å². The SMILES string of the molecule is CN(C)c1ccc(C2SCC(=O)N2CCc2cccnc2)c(Cl)c1. The molecule has 1 aromatic carbocycles. The monoisotopic (exact) mass is 361 g/mol. The summed E-state index contributed by atoms with van der Waals surface area (Å²) in [6.07, 6.45) is 4.40. The van der Waals surface area contributed by atoms with Crippen molar-refractivity contribution in [3.8, 4) is 0 Å². The summed E-state index contributed by atoms with van der Waals surface area (Å²) in [5, 5.41) is 0.692. The van der Waals surface area contributed by atoms with E-state index in [4.69, 9.17) is 11.6 Å². The number of anilines is 1. The van der Waals surface area contributed by atoms with E-state index in [0.717, 1.165) is 23.2 Å². The molecule has 1 atom stereocenters. The Hall–Kier alpha value is -1.72. The largest absolute Gasteiger partial charge is 0.378 e. The van der Waals surface area contributed by atoms with Crippen molar-refractivity contribution in [3.63, 3.8) is 0 Å². The van der Waals surface area contributed by atoms with Gasteiger partial charge in [0.2, 0.25) is 5.91 Å². The van der Waals surface area contributed by atoms with E-state index in [1.54, 1.807) is 18.0 Å². The standard InChI is InChI=1S/C18H20ClN3OS/c1-21(2)14-5-6-15(16(19)10-14)18-22(17(23)12-24-18)9-7-13-4-3-8-20-11-13/h3-6,8,10-11,18H,7,9,12H2,1-2H3. The van der Waals surface area contributed by atoms with E-state index in [2.05, 4.69) is 4.98 Å². The van der Waals surface area contributed by atoms with Gasteiger partial charge in [0.05, 0.1) is 5.75 Å². The van der Waals surface area contributed by atoms with Gasteiger partial charge in [0, 0.05) is 49.3 Å². The Morgan fingerprint density at radius 1 is 1.38 bits per heavy atom. The fourth-order valence-electron chi connectivity index (χ4n) is 2.74. The molecular weight excluding hydrogens is 342 g/mol. The van der Waals surface area contributed by atoms with Gasteiger partial charge in [0.15, 0.2) is 0 Å². The van der Waals surface area contributed by atoms with Gasteiger partial charge in [-0.3, -0.25) is 9.78 Å². The van der Waals surface area contributed by atoms with Crippen LogP contribution in [0.4, 0.5) is 5.69 Å². The van der Waals surface area contributed by atoms with E-state index in [-0.39, 0.29) is 11.3 Å². The van der Waals surface area contributed by atoms with E-state index < -0.39 is 0 Å². The first-order chi connectivity index (χ1) is 11.6.